The zero-order valence-corrected chi connectivity index (χ0v) is 12.4. The lowest BCUT2D eigenvalue weighted by atomic mass is 10.2. The summed E-state index contributed by atoms with van der Waals surface area (Å²) in [4.78, 5) is 34.5. The summed E-state index contributed by atoms with van der Waals surface area (Å²) in [5.41, 5.74) is -0.179. The third kappa shape index (κ3) is 3.60. The van der Waals surface area contributed by atoms with Gasteiger partial charge in [-0.1, -0.05) is 0 Å². The number of amides is 1. The smallest absolute Gasteiger partial charge is 0.288 e. The summed E-state index contributed by atoms with van der Waals surface area (Å²) in [5, 5.41) is 13.5. The van der Waals surface area contributed by atoms with Gasteiger partial charge in [-0.15, -0.1) is 0 Å². The van der Waals surface area contributed by atoms with Gasteiger partial charge in [-0.3, -0.25) is 24.3 Å². The first-order chi connectivity index (χ1) is 10.8. The number of nitro groups is 1. The number of benzene rings is 1. The summed E-state index contributed by atoms with van der Waals surface area (Å²) in [6.45, 7) is 2.90. The Morgan fingerprint density at radius 3 is 2.52 bits per heavy atom. The van der Waals surface area contributed by atoms with Gasteiger partial charge in [0.25, 0.3) is 11.2 Å². The SMILES string of the molecule is Cc1cc(=O)n(C(C)C(=O)Nc2ccc(F)cc2)cc1[N+](=O)[O-]. The van der Waals surface area contributed by atoms with Crippen molar-refractivity contribution in [3.05, 3.63) is 68.4 Å². The molecule has 1 aromatic heterocycles. The van der Waals surface area contributed by atoms with Crippen molar-refractivity contribution in [1.29, 1.82) is 0 Å². The topological polar surface area (TPSA) is 94.2 Å². The molecule has 2 aromatic rings. The van der Waals surface area contributed by atoms with E-state index in [1.807, 2.05) is 0 Å². The lowest BCUT2D eigenvalue weighted by Crippen LogP contribution is -2.31. The Morgan fingerprint density at radius 1 is 1.35 bits per heavy atom. The molecule has 1 heterocycles. The van der Waals surface area contributed by atoms with Crippen LogP contribution in [-0.4, -0.2) is 15.4 Å². The first-order valence-corrected chi connectivity index (χ1v) is 6.73. The number of hydrogen-bond acceptors (Lipinski definition) is 4. The van der Waals surface area contributed by atoms with Crippen LogP contribution < -0.4 is 10.9 Å². The molecule has 0 bridgehead atoms. The maximum Gasteiger partial charge on any atom is 0.288 e. The minimum Gasteiger partial charge on any atom is -0.324 e. The molecule has 0 aliphatic carbocycles. The van der Waals surface area contributed by atoms with Crippen molar-refractivity contribution in [2.24, 2.45) is 0 Å². The molecule has 1 atom stereocenters. The van der Waals surface area contributed by atoms with E-state index in [9.17, 15) is 24.1 Å². The van der Waals surface area contributed by atoms with Crippen LogP contribution in [0, 0.1) is 22.9 Å². The lowest BCUT2D eigenvalue weighted by Gasteiger charge is -2.15. The highest BCUT2D eigenvalue weighted by Gasteiger charge is 2.20. The summed E-state index contributed by atoms with van der Waals surface area (Å²) in [6, 6.07) is 5.26. The van der Waals surface area contributed by atoms with Gasteiger partial charge in [-0.05, 0) is 38.1 Å². The van der Waals surface area contributed by atoms with Crippen LogP contribution in [0.5, 0.6) is 0 Å². The van der Waals surface area contributed by atoms with E-state index in [2.05, 4.69) is 5.32 Å². The van der Waals surface area contributed by atoms with Crippen LogP contribution in [0.25, 0.3) is 0 Å². The summed E-state index contributed by atoms with van der Waals surface area (Å²) in [5.74, 6) is -0.988. The molecule has 0 saturated carbocycles. The van der Waals surface area contributed by atoms with E-state index in [-0.39, 0.29) is 11.3 Å². The van der Waals surface area contributed by atoms with Gasteiger partial charge < -0.3 is 5.32 Å². The second kappa shape index (κ2) is 6.39. The molecule has 0 radical (unpaired) electrons. The molecule has 0 saturated heterocycles. The minimum atomic E-state index is -0.966. The predicted octanol–water partition coefficient (Wildman–Crippen LogP) is 2.40. The van der Waals surface area contributed by atoms with Gasteiger partial charge in [0.05, 0.1) is 11.1 Å². The van der Waals surface area contributed by atoms with Gasteiger partial charge in [0.2, 0.25) is 5.91 Å². The van der Waals surface area contributed by atoms with Crippen LogP contribution in [-0.2, 0) is 4.79 Å². The molecule has 1 aromatic carbocycles. The van der Waals surface area contributed by atoms with Crippen LogP contribution >= 0.6 is 0 Å². The third-order valence-corrected chi connectivity index (χ3v) is 3.37. The molecule has 1 unspecified atom stereocenters. The summed E-state index contributed by atoms with van der Waals surface area (Å²) in [7, 11) is 0. The highest BCUT2D eigenvalue weighted by atomic mass is 19.1. The second-order valence-corrected chi connectivity index (χ2v) is 5.02. The molecule has 1 amide bonds. The van der Waals surface area contributed by atoms with Crippen molar-refractivity contribution in [1.82, 2.24) is 4.57 Å². The van der Waals surface area contributed by atoms with Crippen molar-refractivity contribution >= 4 is 17.3 Å². The van der Waals surface area contributed by atoms with Gasteiger partial charge in [0.15, 0.2) is 0 Å². The van der Waals surface area contributed by atoms with E-state index in [4.69, 9.17) is 0 Å². The van der Waals surface area contributed by atoms with Crippen molar-refractivity contribution in [3.8, 4) is 0 Å². The first-order valence-electron chi connectivity index (χ1n) is 6.73. The highest BCUT2D eigenvalue weighted by Crippen LogP contribution is 2.17. The number of rotatable bonds is 4. The fourth-order valence-electron chi connectivity index (χ4n) is 2.03. The molecular formula is C15H14FN3O4. The van der Waals surface area contributed by atoms with E-state index in [1.165, 1.54) is 38.1 Å². The predicted molar refractivity (Wildman–Crippen MR) is 81.8 cm³/mol. The molecule has 120 valence electrons. The Labute approximate surface area is 130 Å². The number of halogens is 1. The number of aryl methyl sites for hydroxylation is 1. The summed E-state index contributed by atoms with van der Waals surface area (Å²) in [6.07, 6.45) is 1.05. The van der Waals surface area contributed by atoms with E-state index in [0.29, 0.717) is 5.69 Å². The molecular weight excluding hydrogens is 305 g/mol. The second-order valence-electron chi connectivity index (χ2n) is 5.02. The number of carbonyl (C=O) groups excluding carboxylic acids is 1. The van der Waals surface area contributed by atoms with Crippen LogP contribution in [0.2, 0.25) is 0 Å². The number of anilines is 1. The number of carbonyl (C=O) groups is 1. The van der Waals surface area contributed by atoms with E-state index < -0.39 is 28.2 Å². The maximum atomic E-state index is 12.8. The highest BCUT2D eigenvalue weighted by molar-refractivity contribution is 5.93. The van der Waals surface area contributed by atoms with Gasteiger partial charge in [-0.25, -0.2) is 4.39 Å². The molecule has 8 heteroatoms. The Hall–Kier alpha value is -3.03. The van der Waals surface area contributed by atoms with E-state index in [1.54, 1.807) is 0 Å². The number of nitrogens with one attached hydrogen (secondary N) is 1. The Kier molecular flexibility index (Phi) is 4.54. The fourth-order valence-corrected chi connectivity index (χ4v) is 2.03. The Balaban J connectivity index is 2.29. The molecule has 0 aliphatic heterocycles. The van der Waals surface area contributed by atoms with Crippen LogP contribution in [0.4, 0.5) is 15.8 Å². The quantitative estimate of drug-likeness (QED) is 0.691. The molecule has 7 nitrogen and oxygen atoms in total. The molecule has 23 heavy (non-hydrogen) atoms. The monoisotopic (exact) mass is 319 g/mol. The largest absolute Gasteiger partial charge is 0.324 e. The molecule has 1 N–H and O–H groups in total. The van der Waals surface area contributed by atoms with Gasteiger partial charge >= 0.3 is 0 Å². The zero-order chi connectivity index (χ0) is 17.1. The summed E-state index contributed by atoms with van der Waals surface area (Å²) < 4.78 is 13.8. The minimum absolute atomic E-state index is 0.224. The van der Waals surface area contributed by atoms with Crippen LogP contribution in [0.1, 0.15) is 18.5 Å². The molecule has 0 fully saturated rings. The Bertz CT molecular complexity index is 814. The third-order valence-electron chi connectivity index (χ3n) is 3.37. The van der Waals surface area contributed by atoms with Crippen LogP contribution in [0.15, 0.2) is 41.3 Å². The first kappa shape index (κ1) is 16.3. The maximum absolute atomic E-state index is 12.8. The molecule has 0 spiro atoms. The number of pyridine rings is 1. The normalized spacial score (nSPS) is 11.8. The molecule has 2 rings (SSSR count). The van der Waals surface area contributed by atoms with Crippen molar-refractivity contribution in [2.75, 3.05) is 5.32 Å². The van der Waals surface area contributed by atoms with E-state index in [0.717, 1.165) is 16.8 Å². The number of aromatic nitrogens is 1. The van der Waals surface area contributed by atoms with E-state index >= 15 is 0 Å². The average Bonchev–Trinajstić information content (AvgIpc) is 2.48. The molecule has 0 aliphatic rings. The van der Waals surface area contributed by atoms with Gasteiger partial charge in [0, 0.05) is 17.3 Å². The van der Waals surface area contributed by atoms with Crippen LogP contribution in [0.3, 0.4) is 0 Å². The standard InChI is InChI=1S/C15H14FN3O4/c1-9-7-14(20)18(8-13(9)19(22)23)10(2)15(21)17-12-5-3-11(16)4-6-12/h3-8,10H,1-2H3,(H,17,21). The number of nitrogens with zero attached hydrogens (tertiary/aromatic N) is 2. The van der Waals surface area contributed by atoms with Gasteiger partial charge in [0.1, 0.15) is 11.9 Å². The zero-order valence-electron chi connectivity index (χ0n) is 12.4. The van der Waals surface area contributed by atoms with Crippen molar-refractivity contribution in [3.63, 3.8) is 0 Å². The average molecular weight is 319 g/mol. The lowest BCUT2D eigenvalue weighted by molar-refractivity contribution is -0.386. The van der Waals surface area contributed by atoms with Crippen molar-refractivity contribution < 1.29 is 14.1 Å². The Morgan fingerprint density at radius 2 is 1.96 bits per heavy atom. The number of hydrogen-bond donors (Lipinski definition) is 1. The van der Waals surface area contributed by atoms with Gasteiger partial charge in [-0.2, -0.15) is 0 Å². The summed E-state index contributed by atoms with van der Waals surface area (Å²) >= 11 is 0. The fraction of sp³-hybridized carbons (Fsp3) is 0.200. The van der Waals surface area contributed by atoms with Crippen molar-refractivity contribution in [2.45, 2.75) is 19.9 Å².